The van der Waals surface area contributed by atoms with Gasteiger partial charge in [0, 0.05) is 11.8 Å². The van der Waals surface area contributed by atoms with E-state index in [4.69, 9.17) is 10.5 Å². The van der Waals surface area contributed by atoms with Gasteiger partial charge in [-0.25, -0.2) is 31.9 Å². The molecular formula is C19H17F4N5O2. The van der Waals surface area contributed by atoms with E-state index in [-0.39, 0.29) is 23.6 Å². The molecule has 158 valence electrons. The minimum absolute atomic E-state index is 0.0317. The number of benzene rings is 1. The van der Waals surface area contributed by atoms with Crippen LogP contribution in [0.2, 0.25) is 0 Å². The molecule has 1 aliphatic rings. The average molecular weight is 423 g/mol. The molecule has 30 heavy (non-hydrogen) atoms. The Morgan fingerprint density at radius 1 is 1.30 bits per heavy atom. The van der Waals surface area contributed by atoms with Crippen molar-refractivity contribution in [3.63, 3.8) is 0 Å². The van der Waals surface area contributed by atoms with Gasteiger partial charge < -0.3 is 15.4 Å². The number of alkyl halides is 2. The van der Waals surface area contributed by atoms with E-state index in [0.717, 1.165) is 23.1 Å². The fraction of sp³-hybridized carbons (Fsp3) is 0.316. The predicted octanol–water partition coefficient (Wildman–Crippen LogP) is 2.84. The smallest absolute Gasteiger partial charge is 0.343 e. The number of aromatic nitrogens is 3. The summed E-state index contributed by atoms with van der Waals surface area (Å²) < 4.78 is 63.2. The van der Waals surface area contributed by atoms with Crippen LogP contribution in [0.5, 0.6) is 0 Å². The van der Waals surface area contributed by atoms with E-state index in [0.29, 0.717) is 0 Å². The van der Waals surface area contributed by atoms with Gasteiger partial charge in [-0.3, -0.25) is 0 Å². The number of rotatable bonds is 4. The van der Waals surface area contributed by atoms with E-state index in [1.807, 2.05) is 0 Å². The van der Waals surface area contributed by atoms with Gasteiger partial charge in [0.25, 0.3) is 5.92 Å². The number of esters is 1. The average Bonchev–Trinajstić information content (AvgIpc) is 3.21. The third-order valence-corrected chi connectivity index (χ3v) is 4.92. The van der Waals surface area contributed by atoms with Gasteiger partial charge in [-0.2, -0.15) is 5.10 Å². The van der Waals surface area contributed by atoms with Crippen molar-refractivity contribution in [3.8, 4) is 0 Å². The molecular weight excluding hydrogens is 406 g/mol. The Hall–Kier alpha value is -3.21. The van der Waals surface area contributed by atoms with Gasteiger partial charge in [-0.05, 0) is 31.2 Å². The summed E-state index contributed by atoms with van der Waals surface area (Å²) in [6.07, 6.45) is 1.70. The van der Waals surface area contributed by atoms with Crippen LogP contribution in [0.1, 0.15) is 29.3 Å². The third-order valence-electron chi connectivity index (χ3n) is 4.92. The first-order valence-corrected chi connectivity index (χ1v) is 9.06. The molecule has 1 aromatic carbocycles. The predicted molar refractivity (Wildman–Crippen MR) is 98.1 cm³/mol. The molecule has 3 aromatic rings. The maximum atomic E-state index is 14.5. The Bertz CT molecular complexity index is 1140. The Morgan fingerprint density at radius 3 is 2.80 bits per heavy atom. The Morgan fingerprint density at radius 2 is 2.07 bits per heavy atom. The molecule has 1 fully saturated rings. The number of halogens is 4. The van der Waals surface area contributed by atoms with Crippen molar-refractivity contribution in [2.75, 3.05) is 18.1 Å². The van der Waals surface area contributed by atoms with Crippen LogP contribution in [0.15, 0.2) is 36.7 Å². The summed E-state index contributed by atoms with van der Waals surface area (Å²) >= 11 is 0. The minimum Gasteiger partial charge on any atom is -0.462 e. The monoisotopic (exact) mass is 423 g/mol. The number of nitrogens with two attached hydrogens (primary N) is 1. The lowest BCUT2D eigenvalue weighted by Gasteiger charge is -2.35. The molecule has 1 unspecified atom stereocenters. The summed E-state index contributed by atoms with van der Waals surface area (Å²) in [4.78, 5) is 17.4. The fourth-order valence-corrected chi connectivity index (χ4v) is 3.64. The van der Waals surface area contributed by atoms with Crippen molar-refractivity contribution in [1.29, 1.82) is 0 Å². The van der Waals surface area contributed by atoms with Crippen molar-refractivity contribution >= 4 is 17.4 Å². The number of ether oxygens (including phenoxy) is 1. The lowest BCUT2D eigenvalue weighted by atomic mass is 9.95. The van der Waals surface area contributed by atoms with Gasteiger partial charge in [-0.15, -0.1) is 0 Å². The number of fused-ring (bicyclic) bond motifs is 1. The first kappa shape index (κ1) is 20.1. The molecule has 0 bridgehead atoms. The second-order valence-corrected chi connectivity index (χ2v) is 7.00. The minimum atomic E-state index is -3.29. The van der Waals surface area contributed by atoms with E-state index in [2.05, 4.69) is 10.1 Å². The molecule has 1 saturated heterocycles. The molecule has 7 nitrogen and oxygen atoms in total. The molecule has 2 N–H and O–H groups in total. The molecule has 2 aromatic heterocycles. The van der Waals surface area contributed by atoms with E-state index < -0.39 is 47.7 Å². The Labute approximate surface area is 168 Å². The van der Waals surface area contributed by atoms with Crippen LogP contribution < -0.4 is 10.6 Å². The highest BCUT2D eigenvalue weighted by Crippen LogP contribution is 2.45. The summed E-state index contributed by atoms with van der Waals surface area (Å²) in [7, 11) is 0. The number of anilines is 1. The first-order valence-electron chi connectivity index (χ1n) is 9.06. The normalized spacial score (nSPS) is 20.7. The summed E-state index contributed by atoms with van der Waals surface area (Å²) in [5, 5.41) is 3.98. The molecule has 0 spiro atoms. The second kappa shape index (κ2) is 6.94. The summed E-state index contributed by atoms with van der Waals surface area (Å²) in [5.41, 5.74) is 3.86. The zero-order chi connectivity index (χ0) is 21.7. The van der Waals surface area contributed by atoms with E-state index in [1.54, 1.807) is 6.92 Å². The van der Waals surface area contributed by atoms with E-state index in [1.165, 1.54) is 23.0 Å². The summed E-state index contributed by atoms with van der Waals surface area (Å²) in [6.45, 7) is 0.884. The van der Waals surface area contributed by atoms with Crippen LogP contribution in [0, 0.1) is 11.6 Å². The SMILES string of the molecule is CCOC(=O)c1cnn2ccc(N3CC(F)(F)CC3(N)c3cc(F)ccc3F)nc12. The van der Waals surface area contributed by atoms with Gasteiger partial charge in [0.15, 0.2) is 5.65 Å². The lowest BCUT2D eigenvalue weighted by molar-refractivity contribution is 0.0159. The van der Waals surface area contributed by atoms with Gasteiger partial charge >= 0.3 is 5.97 Å². The maximum Gasteiger partial charge on any atom is 0.343 e. The first-order chi connectivity index (χ1) is 14.1. The molecule has 1 aliphatic heterocycles. The standard InChI is InChI=1S/C19H17F4N5O2/c1-2-30-17(29)12-8-25-28-6-5-15(26-16(12)28)27-10-18(22,23)9-19(27,24)13-7-11(20)3-4-14(13)21/h3-8H,2,9-10,24H2,1H3. The molecule has 0 amide bonds. The van der Waals surface area contributed by atoms with Crippen LogP contribution in [0.3, 0.4) is 0 Å². The molecule has 1 atom stereocenters. The van der Waals surface area contributed by atoms with Crippen LogP contribution in [0.25, 0.3) is 5.65 Å². The van der Waals surface area contributed by atoms with Crippen LogP contribution in [-0.4, -0.2) is 39.6 Å². The van der Waals surface area contributed by atoms with Crippen molar-refractivity contribution < 1.29 is 27.1 Å². The van der Waals surface area contributed by atoms with Gasteiger partial charge in [-0.1, -0.05) is 0 Å². The molecule has 0 aliphatic carbocycles. The summed E-state index contributed by atoms with van der Waals surface area (Å²) in [6, 6.07) is 3.86. The molecule has 0 radical (unpaired) electrons. The largest absolute Gasteiger partial charge is 0.462 e. The van der Waals surface area contributed by atoms with Gasteiger partial charge in [0.1, 0.15) is 28.7 Å². The van der Waals surface area contributed by atoms with E-state index >= 15 is 0 Å². The zero-order valence-corrected chi connectivity index (χ0v) is 15.8. The molecule has 0 saturated carbocycles. The van der Waals surface area contributed by atoms with E-state index in [9.17, 15) is 22.4 Å². The van der Waals surface area contributed by atoms with Crippen LogP contribution in [-0.2, 0) is 10.4 Å². The van der Waals surface area contributed by atoms with Crippen molar-refractivity contribution in [3.05, 3.63) is 59.4 Å². The van der Waals surface area contributed by atoms with Crippen molar-refractivity contribution in [2.24, 2.45) is 5.73 Å². The highest BCUT2D eigenvalue weighted by atomic mass is 19.3. The van der Waals surface area contributed by atoms with Crippen molar-refractivity contribution in [1.82, 2.24) is 14.6 Å². The highest BCUT2D eigenvalue weighted by Gasteiger charge is 2.55. The molecule has 4 rings (SSSR count). The molecule has 11 heteroatoms. The number of nitrogens with zero attached hydrogens (tertiary/aromatic N) is 4. The maximum absolute atomic E-state index is 14.5. The number of carbonyl (C=O) groups is 1. The highest BCUT2D eigenvalue weighted by molar-refractivity contribution is 5.95. The quantitative estimate of drug-likeness (QED) is 0.513. The number of hydrogen-bond donors (Lipinski definition) is 1. The Balaban J connectivity index is 1.85. The van der Waals surface area contributed by atoms with Crippen LogP contribution in [0.4, 0.5) is 23.4 Å². The Kier molecular flexibility index (Phi) is 4.64. The zero-order valence-electron chi connectivity index (χ0n) is 15.8. The van der Waals surface area contributed by atoms with Crippen molar-refractivity contribution in [2.45, 2.75) is 24.9 Å². The van der Waals surface area contributed by atoms with Crippen LogP contribution >= 0.6 is 0 Å². The lowest BCUT2D eigenvalue weighted by Crippen LogP contribution is -2.50. The second-order valence-electron chi connectivity index (χ2n) is 7.00. The molecule has 3 heterocycles. The third kappa shape index (κ3) is 3.24. The number of carbonyl (C=O) groups excluding carboxylic acids is 1. The topological polar surface area (TPSA) is 85.8 Å². The summed E-state index contributed by atoms with van der Waals surface area (Å²) in [5.74, 6) is -5.74. The van der Waals surface area contributed by atoms with Gasteiger partial charge in [0.2, 0.25) is 0 Å². The number of hydrogen-bond acceptors (Lipinski definition) is 6. The fourth-order valence-electron chi connectivity index (χ4n) is 3.64. The van der Waals surface area contributed by atoms with Gasteiger partial charge in [0.05, 0.1) is 25.8 Å².